The highest BCUT2D eigenvalue weighted by Gasteiger charge is 2.17. The van der Waals surface area contributed by atoms with Gasteiger partial charge in [0.1, 0.15) is 0 Å². The van der Waals surface area contributed by atoms with E-state index in [1.165, 1.54) is 5.69 Å². The average Bonchev–Trinajstić information content (AvgIpc) is 2.69. The van der Waals surface area contributed by atoms with Crippen molar-refractivity contribution in [2.75, 3.05) is 42.9 Å². The fourth-order valence-corrected chi connectivity index (χ4v) is 3.29. The molecule has 1 aliphatic heterocycles. The lowest BCUT2D eigenvalue weighted by Gasteiger charge is -2.35. The zero-order chi connectivity index (χ0) is 19.4. The van der Waals surface area contributed by atoms with Crippen LogP contribution in [-0.4, -0.2) is 49.4 Å². The molecule has 0 spiro atoms. The molecule has 0 radical (unpaired) electrons. The second-order valence-electron chi connectivity index (χ2n) is 6.82. The number of amides is 2. The van der Waals surface area contributed by atoms with Crippen molar-refractivity contribution in [1.29, 1.82) is 0 Å². The van der Waals surface area contributed by atoms with Crippen LogP contribution in [0.15, 0.2) is 42.5 Å². The number of likely N-dealkylation sites (N-methyl/N-ethyl adjacent to an activating group) is 1. The van der Waals surface area contributed by atoms with Gasteiger partial charge in [0, 0.05) is 48.7 Å². The van der Waals surface area contributed by atoms with Crippen LogP contribution < -0.4 is 16.0 Å². The molecule has 1 aliphatic rings. The molecular formula is C21H26N4O2. The summed E-state index contributed by atoms with van der Waals surface area (Å²) in [5.74, 6) is -0.716. The molecule has 2 aromatic carbocycles. The lowest BCUT2D eigenvalue weighted by molar-refractivity contribution is 0.0995. The highest BCUT2D eigenvalue weighted by atomic mass is 16.2. The molecule has 0 bridgehead atoms. The first-order valence-corrected chi connectivity index (χ1v) is 9.27. The summed E-state index contributed by atoms with van der Waals surface area (Å²) in [4.78, 5) is 28.4. The summed E-state index contributed by atoms with van der Waals surface area (Å²) in [7, 11) is 0. The number of nitrogens with zero attached hydrogens (tertiary/aromatic N) is 2. The van der Waals surface area contributed by atoms with Crippen LogP contribution in [0.4, 0.5) is 11.4 Å². The van der Waals surface area contributed by atoms with Gasteiger partial charge in [0.05, 0.1) is 0 Å². The number of carbonyl (C=O) groups is 2. The maximum Gasteiger partial charge on any atom is 0.255 e. The summed E-state index contributed by atoms with van der Waals surface area (Å²) in [5.41, 5.74) is 9.09. The molecule has 3 rings (SSSR count). The lowest BCUT2D eigenvalue weighted by atomic mass is 10.1. The Hall–Kier alpha value is -2.86. The van der Waals surface area contributed by atoms with Gasteiger partial charge in [-0.3, -0.25) is 9.59 Å². The molecule has 2 amide bonds. The van der Waals surface area contributed by atoms with Crippen LogP contribution >= 0.6 is 0 Å². The monoisotopic (exact) mass is 366 g/mol. The zero-order valence-corrected chi connectivity index (χ0v) is 15.9. The minimum Gasteiger partial charge on any atom is -0.369 e. The van der Waals surface area contributed by atoms with Crippen molar-refractivity contribution in [2.24, 2.45) is 5.73 Å². The number of benzene rings is 2. The van der Waals surface area contributed by atoms with E-state index in [9.17, 15) is 9.59 Å². The van der Waals surface area contributed by atoms with Gasteiger partial charge in [-0.15, -0.1) is 0 Å². The number of nitrogens with two attached hydrogens (primary N) is 1. The summed E-state index contributed by atoms with van der Waals surface area (Å²) < 4.78 is 0. The second-order valence-corrected chi connectivity index (χ2v) is 6.82. The summed E-state index contributed by atoms with van der Waals surface area (Å²) in [6.45, 7) is 9.48. The largest absolute Gasteiger partial charge is 0.369 e. The van der Waals surface area contributed by atoms with E-state index in [0.29, 0.717) is 11.1 Å². The standard InChI is InChI=1S/C21H26N4O2/c1-3-24-10-12-25(13-11-24)18-8-9-19(15(2)14-18)23-21(27)17-6-4-16(5-7-17)20(22)26/h4-9,14H,3,10-13H2,1-2H3,(H2,22,26)(H,23,27). The van der Waals surface area contributed by atoms with E-state index < -0.39 is 5.91 Å². The summed E-state index contributed by atoms with van der Waals surface area (Å²) in [6, 6.07) is 12.4. The minimum absolute atomic E-state index is 0.210. The van der Waals surface area contributed by atoms with E-state index in [1.54, 1.807) is 24.3 Å². The van der Waals surface area contributed by atoms with Gasteiger partial charge in [0.15, 0.2) is 0 Å². The van der Waals surface area contributed by atoms with Gasteiger partial charge in [-0.1, -0.05) is 6.92 Å². The van der Waals surface area contributed by atoms with Crippen LogP contribution in [0.5, 0.6) is 0 Å². The van der Waals surface area contributed by atoms with Gasteiger partial charge < -0.3 is 20.9 Å². The molecule has 0 aliphatic carbocycles. The number of nitrogens with one attached hydrogen (secondary N) is 1. The van der Waals surface area contributed by atoms with Crippen molar-refractivity contribution in [2.45, 2.75) is 13.8 Å². The minimum atomic E-state index is -0.506. The molecular weight excluding hydrogens is 340 g/mol. The molecule has 3 N–H and O–H groups in total. The molecule has 0 saturated carbocycles. The Morgan fingerprint density at radius 1 is 1.00 bits per heavy atom. The zero-order valence-electron chi connectivity index (χ0n) is 15.9. The van der Waals surface area contributed by atoms with Crippen molar-refractivity contribution in [3.63, 3.8) is 0 Å². The van der Waals surface area contributed by atoms with Gasteiger partial charge in [-0.2, -0.15) is 0 Å². The Morgan fingerprint density at radius 2 is 1.63 bits per heavy atom. The molecule has 0 unspecified atom stereocenters. The fraction of sp³-hybridized carbons (Fsp3) is 0.333. The van der Waals surface area contributed by atoms with Crippen molar-refractivity contribution in [3.05, 3.63) is 59.2 Å². The topological polar surface area (TPSA) is 78.7 Å². The first kappa shape index (κ1) is 18.9. The molecule has 6 nitrogen and oxygen atoms in total. The van der Waals surface area contributed by atoms with Crippen LogP contribution in [0.25, 0.3) is 0 Å². The van der Waals surface area contributed by atoms with Crippen LogP contribution in [-0.2, 0) is 0 Å². The first-order chi connectivity index (χ1) is 13.0. The van der Waals surface area contributed by atoms with E-state index in [-0.39, 0.29) is 5.91 Å². The van der Waals surface area contributed by atoms with E-state index in [2.05, 4.69) is 34.2 Å². The van der Waals surface area contributed by atoms with Crippen molar-refractivity contribution < 1.29 is 9.59 Å². The highest BCUT2D eigenvalue weighted by molar-refractivity contribution is 6.05. The number of rotatable bonds is 5. The Labute approximate surface area is 159 Å². The van der Waals surface area contributed by atoms with E-state index in [4.69, 9.17) is 5.73 Å². The fourth-order valence-electron chi connectivity index (χ4n) is 3.29. The molecule has 6 heteroatoms. The normalized spacial score (nSPS) is 14.8. The number of carbonyl (C=O) groups excluding carboxylic acids is 2. The van der Waals surface area contributed by atoms with Gasteiger partial charge in [0.2, 0.25) is 5.91 Å². The van der Waals surface area contributed by atoms with Crippen molar-refractivity contribution >= 4 is 23.2 Å². The number of piperazine rings is 1. The third-order valence-corrected chi connectivity index (χ3v) is 5.07. The van der Waals surface area contributed by atoms with E-state index >= 15 is 0 Å². The average molecular weight is 366 g/mol. The Kier molecular flexibility index (Phi) is 5.76. The van der Waals surface area contributed by atoms with E-state index in [0.717, 1.165) is 44.0 Å². The summed E-state index contributed by atoms with van der Waals surface area (Å²) in [6.07, 6.45) is 0. The van der Waals surface area contributed by atoms with Gasteiger partial charge in [-0.25, -0.2) is 0 Å². The lowest BCUT2D eigenvalue weighted by Crippen LogP contribution is -2.46. The number of aryl methyl sites for hydroxylation is 1. The van der Waals surface area contributed by atoms with Crippen molar-refractivity contribution in [1.82, 2.24) is 4.90 Å². The molecule has 1 fully saturated rings. The van der Waals surface area contributed by atoms with Crippen LogP contribution in [0.1, 0.15) is 33.2 Å². The molecule has 27 heavy (non-hydrogen) atoms. The third kappa shape index (κ3) is 4.46. The Morgan fingerprint density at radius 3 is 2.19 bits per heavy atom. The Bertz CT molecular complexity index is 825. The van der Waals surface area contributed by atoms with Crippen LogP contribution in [0.2, 0.25) is 0 Å². The third-order valence-electron chi connectivity index (χ3n) is 5.07. The Balaban J connectivity index is 1.67. The quantitative estimate of drug-likeness (QED) is 0.852. The maximum atomic E-state index is 12.5. The van der Waals surface area contributed by atoms with Gasteiger partial charge in [0.25, 0.3) is 5.91 Å². The molecule has 1 saturated heterocycles. The van der Waals surface area contributed by atoms with Gasteiger partial charge >= 0.3 is 0 Å². The first-order valence-electron chi connectivity index (χ1n) is 9.27. The van der Waals surface area contributed by atoms with Crippen LogP contribution in [0.3, 0.4) is 0 Å². The second kappa shape index (κ2) is 8.22. The SMILES string of the molecule is CCN1CCN(c2ccc(NC(=O)c3ccc(C(N)=O)cc3)c(C)c2)CC1. The number of primary amides is 1. The molecule has 142 valence electrons. The summed E-state index contributed by atoms with van der Waals surface area (Å²) >= 11 is 0. The van der Waals surface area contributed by atoms with Gasteiger partial charge in [-0.05, 0) is 61.5 Å². The maximum absolute atomic E-state index is 12.5. The predicted molar refractivity (Wildman–Crippen MR) is 108 cm³/mol. The van der Waals surface area contributed by atoms with E-state index in [1.807, 2.05) is 13.0 Å². The molecule has 0 atom stereocenters. The predicted octanol–water partition coefficient (Wildman–Crippen LogP) is 2.49. The molecule has 0 aromatic heterocycles. The number of hydrogen-bond donors (Lipinski definition) is 2. The number of anilines is 2. The van der Waals surface area contributed by atoms with Crippen molar-refractivity contribution in [3.8, 4) is 0 Å². The molecule has 2 aromatic rings. The smallest absolute Gasteiger partial charge is 0.255 e. The number of hydrogen-bond acceptors (Lipinski definition) is 4. The van der Waals surface area contributed by atoms with Crippen LogP contribution in [0, 0.1) is 6.92 Å². The molecule has 1 heterocycles. The summed E-state index contributed by atoms with van der Waals surface area (Å²) in [5, 5.41) is 2.94. The highest BCUT2D eigenvalue weighted by Crippen LogP contribution is 2.24.